The highest BCUT2D eigenvalue weighted by molar-refractivity contribution is 5.58. The number of aromatic nitrogens is 2. The smallest absolute Gasteiger partial charge is 0.423 e. The van der Waals surface area contributed by atoms with Gasteiger partial charge in [-0.25, -0.2) is 4.98 Å². The van der Waals surface area contributed by atoms with Crippen LogP contribution in [0.25, 0.3) is 0 Å². The average molecular weight is 345 g/mol. The maximum atomic E-state index is 13.2. The van der Waals surface area contributed by atoms with Gasteiger partial charge in [0.05, 0.1) is 0 Å². The van der Waals surface area contributed by atoms with Crippen LogP contribution >= 0.6 is 0 Å². The predicted octanol–water partition coefficient (Wildman–Crippen LogP) is 5.34. The molecular formula is C18H14F3N3O. The summed E-state index contributed by atoms with van der Waals surface area (Å²) in [6.07, 6.45) is -3.91. The minimum Gasteiger partial charge on any atom is -0.438 e. The Balaban J connectivity index is 1.96. The average Bonchev–Trinajstić information content (AvgIpc) is 2.57. The summed E-state index contributed by atoms with van der Waals surface area (Å²) >= 11 is 0. The lowest BCUT2D eigenvalue weighted by Crippen LogP contribution is -2.11. The third kappa shape index (κ3) is 4.06. The molecule has 7 heteroatoms. The van der Waals surface area contributed by atoms with E-state index in [1.807, 2.05) is 19.1 Å². The summed E-state index contributed by atoms with van der Waals surface area (Å²) in [5, 5.41) is 2.91. The molecule has 1 N–H and O–H groups in total. The Bertz CT molecular complexity index is 867. The zero-order valence-corrected chi connectivity index (χ0v) is 13.2. The molecular weight excluding hydrogens is 331 g/mol. The van der Waals surface area contributed by atoms with Gasteiger partial charge in [0.2, 0.25) is 11.8 Å². The van der Waals surface area contributed by atoms with Gasteiger partial charge >= 0.3 is 6.18 Å². The third-order valence-corrected chi connectivity index (χ3v) is 3.41. The Morgan fingerprint density at radius 1 is 0.960 bits per heavy atom. The molecule has 1 heterocycles. The molecule has 3 aromatic rings. The monoisotopic (exact) mass is 345 g/mol. The SMILES string of the molecule is Cc1ccccc1Nc1ncc(C(F)(F)F)c(Oc2ccccc2)n1. The first-order valence-electron chi connectivity index (χ1n) is 7.43. The van der Waals surface area contributed by atoms with Crippen LogP contribution in [0.1, 0.15) is 11.1 Å². The molecule has 25 heavy (non-hydrogen) atoms. The summed E-state index contributed by atoms with van der Waals surface area (Å²) in [7, 11) is 0. The molecule has 1 aromatic heterocycles. The number of nitrogens with zero attached hydrogens (tertiary/aromatic N) is 2. The number of aryl methyl sites for hydroxylation is 1. The molecule has 0 aliphatic heterocycles. The molecule has 0 aliphatic rings. The van der Waals surface area contributed by atoms with Gasteiger partial charge in [-0.15, -0.1) is 0 Å². The largest absolute Gasteiger partial charge is 0.438 e. The second-order valence-corrected chi connectivity index (χ2v) is 5.27. The first-order valence-corrected chi connectivity index (χ1v) is 7.43. The first kappa shape index (κ1) is 16.8. The number of ether oxygens (including phenoxy) is 1. The molecule has 2 aromatic carbocycles. The Hall–Kier alpha value is -3.09. The van der Waals surface area contributed by atoms with Gasteiger partial charge in [0.1, 0.15) is 11.3 Å². The van der Waals surface area contributed by atoms with Crippen molar-refractivity contribution in [3.05, 3.63) is 71.9 Å². The summed E-state index contributed by atoms with van der Waals surface area (Å²) < 4.78 is 44.9. The number of benzene rings is 2. The van der Waals surface area contributed by atoms with Crippen molar-refractivity contribution >= 4 is 11.6 Å². The summed E-state index contributed by atoms with van der Waals surface area (Å²) in [5.74, 6) is -0.272. The fraction of sp³-hybridized carbons (Fsp3) is 0.111. The van der Waals surface area contributed by atoms with Crippen LogP contribution in [0.2, 0.25) is 0 Å². The number of rotatable bonds is 4. The molecule has 0 fully saturated rings. The van der Waals surface area contributed by atoms with Crippen LogP contribution in [0, 0.1) is 6.92 Å². The van der Waals surface area contributed by atoms with Gasteiger partial charge in [0, 0.05) is 11.9 Å². The molecule has 0 spiro atoms. The molecule has 4 nitrogen and oxygen atoms in total. The van der Waals surface area contributed by atoms with Gasteiger partial charge < -0.3 is 10.1 Å². The van der Waals surface area contributed by atoms with E-state index in [1.54, 1.807) is 42.5 Å². The van der Waals surface area contributed by atoms with E-state index < -0.39 is 17.6 Å². The molecule has 0 aliphatic carbocycles. The van der Waals surface area contributed by atoms with Crippen molar-refractivity contribution in [3.8, 4) is 11.6 Å². The Labute approximate surface area is 142 Å². The van der Waals surface area contributed by atoms with Crippen LogP contribution in [-0.2, 0) is 6.18 Å². The van der Waals surface area contributed by atoms with E-state index in [0.717, 1.165) is 5.56 Å². The van der Waals surface area contributed by atoms with Crippen molar-refractivity contribution in [3.63, 3.8) is 0 Å². The fourth-order valence-electron chi connectivity index (χ4n) is 2.13. The van der Waals surface area contributed by atoms with Gasteiger partial charge in [-0.1, -0.05) is 36.4 Å². The molecule has 0 bridgehead atoms. The van der Waals surface area contributed by atoms with Gasteiger partial charge in [-0.05, 0) is 30.7 Å². The van der Waals surface area contributed by atoms with Crippen molar-refractivity contribution in [1.82, 2.24) is 9.97 Å². The molecule has 128 valence electrons. The fourth-order valence-corrected chi connectivity index (χ4v) is 2.13. The van der Waals surface area contributed by atoms with Crippen molar-refractivity contribution < 1.29 is 17.9 Å². The summed E-state index contributed by atoms with van der Waals surface area (Å²) in [6.45, 7) is 1.87. The predicted molar refractivity (Wildman–Crippen MR) is 88.0 cm³/mol. The van der Waals surface area contributed by atoms with Crippen LogP contribution in [0.15, 0.2) is 60.8 Å². The highest BCUT2D eigenvalue weighted by Crippen LogP contribution is 2.37. The second-order valence-electron chi connectivity index (χ2n) is 5.27. The number of para-hydroxylation sites is 2. The van der Waals surface area contributed by atoms with Crippen molar-refractivity contribution in [1.29, 1.82) is 0 Å². The number of nitrogens with one attached hydrogen (secondary N) is 1. The van der Waals surface area contributed by atoms with Crippen molar-refractivity contribution in [2.24, 2.45) is 0 Å². The Morgan fingerprint density at radius 3 is 2.32 bits per heavy atom. The Morgan fingerprint density at radius 2 is 1.64 bits per heavy atom. The van der Waals surface area contributed by atoms with Gasteiger partial charge in [-0.3, -0.25) is 0 Å². The van der Waals surface area contributed by atoms with E-state index in [-0.39, 0.29) is 11.7 Å². The van der Waals surface area contributed by atoms with E-state index in [1.165, 1.54) is 0 Å². The normalized spacial score (nSPS) is 11.2. The van der Waals surface area contributed by atoms with E-state index in [2.05, 4.69) is 15.3 Å². The molecule has 0 unspecified atom stereocenters. The molecule has 0 amide bonds. The van der Waals surface area contributed by atoms with Crippen molar-refractivity contribution in [2.45, 2.75) is 13.1 Å². The lowest BCUT2D eigenvalue weighted by atomic mass is 10.2. The third-order valence-electron chi connectivity index (χ3n) is 3.41. The second kappa shape index (κ2) is 6.80. The van der Waals surface area contributed by atoms with E-state index >= 15 is 0 Å². The topological polar surface area (TPSA) is 47.0 Å². The van der Waals surface area contributed by atoms with Crippen LogP contribution in [-0.4, -0.2) is 9.97 Å². The van der Waals surface area contributed by atoms with Crippen LogP contribution < -0.4 is 10.1 Å². The van der Waals surface area contributed by atoms with E-state index in [0.29, 0.717) is 11.9 Å². The van der Waals surface area contributed by atoms with Crippen LogP contribution in [0.5, 0.6) is 11.6 Å². The number of alkyl halides is 3. The van der Waals surface area contributed by atoms with E-state index in [9.17, 15) is 13.2 Å². The standard InChI is InChI=1S/C18H14F3N3O/c1-12-7-5-6-10-15(12)23-17-22-11-14(18(19,20)21)16(24-17)25-13-8-3-2-4-9-13/h2-11H,1H3,(H,22,23,24). The van der Waals surface area contributed by atoms with Gasteiger partial charge in [-0.2, -0.15) is 18.2 Å². The Kier molecular flexibility index (Phi) is 4.56. The minimum atomic E-state index is -4.62. The zero-order valence-electron chi connectivity index (χ0n) is 13.2. The number of anilines is 2. The molecule has 0 saturated carbocycles. The molecule has 0 radical (unpaired) electrons. The van der Waals surface area contributed by atoms with E-state index in [4.69, 9.17) is 4.74 Å². The van der Waals surface area contributed by atoms with Gasteiger partial charge in [0.25, 0.3) is 0 Å². The number of hydrogen-bond acceptors (Lipinski definition) is 4. The quantitative estimate of drug-likeness (QED) is 0.693. The maximum absolute atomic E-state index is 13.2. The summed E-state index contributed by atoms with van der Waals surface area (Å²) in [4.78, 5) is 7.67. The van der Waals surface area contributed by atoms with Gasteiger partial charge in [0.15, 0.2) is 0 Å². The highest BCUT2D eigenvalue weighted by atomic mass is 19.4. The molecule has 0 atom stereocenters. The molecule has 0 saturated heterocycles. The highest BCUT2D eigenvalue weighted by Gasteiger charge is 2.36. The number of halogens is 3. The number of hydrogen-bond donors (Lipinski definition) is 1. The molecule has 3 rings (SSSR count). The zero-order chi connectivity index (χ0) is 17.9. The lowest BCUT2D eigenvalue weighted by molar-refractivity contribution is -0.139. The first-order chi connectivity index (χ1) is 11.9. The van der Waals surface area contributed by atoms with Crippen LogP contribution in [0.4, 0.5) is 24.8 Å². The lowest BCUT2D eigenvalue weighted by Gasteiger charge is -2.14. The maximum Gasteiger partial charge on any atom is 0.423 e. The van der Waals surface area contributed by atoms with Crippen LogP contribution in [0.3, 0.4) is 0 Å². The summed E-state index contributed by atoms with van der Waals surface area (Å²) in [5.41, 5.74) is 0.580. The van der Waals surface area contributed by atoms with Crippen molar-refractivity contribution in [2.75, 3.05) is 5.32 Å². The summed E-state index contributed by atoms with van der Waals surface area (Å²) in [6, 6.07) is 15.5. The minimum absolute atomic E-state index is 0.0215.